The molecular weight excluding hydrogens is 275 g/mol. The summed E-state index contributed by atoms with van der Waals surface area (Å²) in [5, 5.41) is 0. The van der Waals surface area contributed by atoms with Gasteiger partial charge in [-0.2, -0.15) is 0 Å². The molecule has 0 aliphatic carbocycles. The van der Waals surface area contributed by atoms with Crippen molar-refractivity contribution >= 4 is 5.91 Å². The third-order valence-electron chi connectivity index (χ3n) is 3.44. The summed E-state index contributed by atoms with van der Waals surface area (Å²) in [6.07, 6.45) is -0.692. The van der Waals surface area contributed by atoms with Gasteiger partial charge in [-0.25, -0.2) is 4.39 Å². The second kappa shape index (κ2) is 6.87. The van der Waals surface area contributed by atoms with Crippen molar-refractivity contribution < 1.29 is 18.7 Å². The van der Waals surface area contributed by atoms with E-state index in [1.165, 1.54) is 12.1 Å². The van der Waals surface area contributed by atoms with Crippen molar-refractivity contribution in [3.8, 4) is 5.75 Å². The zero-order chi connectivity index (χ0) is 15.4. The normalized spacial score (nSPS) is 18.2. The molecule has 2 rings (SSSR count). The molecule has 1 aromatic rings. The van der Waals surface area contributed by atoms with Crippen molar-refractivity contribution in [1.82, 2.24) is 4.90 Å². The van der Waals surface area contributed by atoms with Crippen LogP contribution in [0, 0.1) is 5.82 Å². The Morgan fingerprint density at radius 1 is 1.38 bits per heavy atom. The monoisotopic (exact) mass is 296 g/mol. The fraction of sp³-hybridized carbons (Fsp3) is 0.533. The van der Waals surface area contributed by atoms with Gasteiger partial charge in [0.2, 0.25) is 0 Å². The third-order valence-corrected chi connectivity index (χ3v) is 3.44. The second-order valence-corrected chi connectivity index (χ2v) is 5.17. The molecule has 1 aliphatic heterocycles. The Bertz CT molecular complexity index is 502. The Morgan fingerprint density at radius 2 is 2.05 bits per heavy atom. The highest BCUT2D eigenvalue weighted by atomic mass is 19.1. The lowest BCUT2D eigenvalue weighted by molar-refractivity contribution is -0.142. The molecule has 1 heterocycles. The minimum atomic E-state index is -0.692. The number of carbonyl (C=O) groups excluding carboxylic acids is 1. The molecule has 0 saturated carbocycles. The minimum Gasteiger partial charge on any atom is -0.480 e. The number of carbonyl (C=O) groups is 1. The first-order valence-corrected chi connectivity index (χ1v) is 7.07. The summed E-state index contributed by atoms with van der Waals surface area (Å²) in [5.41, 5.74) is 6.52. The summed E-state index contributed by atoms with van der Waals surface area (Å²) in [7, 11) is 0. The molecule has 6 heteroatoms. The van der Waals surface area contributed by atoms with Gasteiger partial charge in [-0.3, -0.25) is 4.79 Å². The molecule has 2 N–H and O–H groups in total. The smallest absolute Gasteiger partial charge is 0.263 e. The predicted molar refractivity (Wildman–Crippen MR) is 76.5 cm³/mol. The van der Waals surface area contributed by atoms with Gasteiger partial charge in [0, 0.05) is 30.8 Å². The van der Waals surface area contributed by atoms with Gasteiger partial charge in [-0.15, -0.1) is 0 Å². The molecule has 1 fully saturated rings. The van der Waals surface area contributed by atoms with Crippen LogP contribution in [0.4, 0.5) is 4.39 Å². The topological polar surface area (TPSA) is 64.8 Å². The van der Waals surface area contributed by atoms with Crippen molar-refractivity contribution in [1.29, 1.82) is 0 Å². The fourth-order valence-electron chi connectivity index (χ4n) is 2.27. The average Bonchev–Trinajstić information content (AvgIpc) is 2.47. The molecule has 1 amide bonds. The number of benzene rings is 1. The first kappa shape index (κ1) is 15.7. The zero-order valence-corrected chi connectivity index (χ0v) is 12.3. The van der Waals surface area contributed by atoms with Crippen molar-refractivity contribution in [2.75, 3.05) is 26.3 Å². The van der Waals surface area contributed by atoms with Crippen molar-refractivity contribution in [2.45, 2.75) is 26.0 Å². The van der Waals surface area contributed by atoms with E-state index in [9.17, 15) is 9.18 Å². The van der Waals surface area contributed by atoms with Gasteiger partial charge >= 0.3 is 0 Å². The number of halogens is 1. The van der Waals surface area contributed by atoms with E-state index < -0.39 is 11.9 Å². The Labute approximate surface area is 123 Å². The van der Waals surface area contributed by atoms with Crippen LogP contribution in [0.25, 0.3) is 0 Å². The van der Waals surface area contributed by atoms with Crippen LogP contribution in [0.5, 0.6) is 5.75 Å². The van der Waals surface area contributed by atoms with E-state index in [1.54, 1.807) is 24.8 Å². The van der Waals surface area contributed by atoms with E-state index >= 15 is 0 Å². The lowest BCUT2D eigenvalue weighted by atomic mass is 10.1. The van der Waals surface area contributed by atoms with E-state index in [2.05, 4.69) is 0 Å². The maximum Gasteiger partial charge on any atom is 0.263 e. The fourth-order valence-corrected chi connectivity index (χ4v) is 2.27. The van der Waals surface area contributed by atoms with Crippen LogP contribution in [0.1, 0.15) is 25.5 Å². The Kier molecular flexibility index (Phi) is 5.14. The van der Waals surface area contributed by atoms with Crippen LogP contribution < -0.4 is 10.5 Å². The number of rotatable bonds is 4. The quantitative estimate of drug-likeness (QED) is 0.914. The van der Waals surface area contributed by atoms with Crippen LogP contribution in [0.3, 0.4) is 0 Å². The summed E-state index contributed by atoms with van der Waals surface area (Å²) >= 11 is 0. The van der Waals surface area contributed by atoms with Crippen molar-refractivity contribution in [3.05, 3.63) is 29.6 Å². The largest absolute Gasteiger partial charge is 0.480 e. The number of amides is 1. The van der Waals surface area contributed by atoms with Gasteiger partial charge in [0.1, 0.15) is 11.6 Å². The molecule has 0 spiro atoms. The highest BCUT2D eigenvalue weighted by Gasteiger charge is 2.24. The van der Waals surface area contributed by atoms with Gasteiger partial charge in [0.25, 0.3) is 5.91 Å². The molecule has 2 unspecified atom stereocenters. The van der Waals surface area contributed by atoms with Gasteiger partial charge in [0.05, 0.1) is 13.2 Å². The summed E-state index contributed by atoms with van der Waals surface area (Å²) in [6, 6.07) is 3.88. The summed E-state index contributed by atoms with van der Waals surface area (Å²) in [6.45, 7) is 5.61. The first-order valence-electron chi connectivity index (χ1n) is 7.07. The van der Waals surface area contributed by atoms with E-state index in [0.29, 0.717) is 37.6 Å². The summed E-state index contributed by atoms with van der Waals surface area (Å²) < 4.78 is 24.2. The molecule has 116 valence electrons. The number of nitrogens with zero attached hydrogens (tertiary/aromatic N) is 1. The number of morpholine rings is 1. The van der Waals surface area contributed by atoms with E-state index in [4.69, 9.17) is 15.2 Å². The van der Waals surface area contributed by atoms with E-state index in [-0.39, 0.29) is 11.9 Å². The third kappa shape index (κ3) is 3.92. The van der Waals surface area contributed by atoms with Gasteiger partial charge in [-0.05, 0) is 19.9 Å². The SMILES string of the molecule is CC(Oc1cc(F)ccc1C(C)N)C(=O)N1CCOCC1. The minimum absolute atomic E-state index is 0.127. The highest BCUT2D eigenvalue weighted by molar-refractivity contribution is 5.81. The molecule has 1 saturated heterocycles. The molecule has 2 atom stereocenters. The van der Waals surface area contributed by atoms with Crippen LogP contribution in [0.2, 0.25) is 0 Å². The molecule has 0 aromatic heterocycles. The van der Waals surface area contributed by atoms with Gasteiger partial charge in [0.15, 0.2) is 6.10 Å². The maximum absolute atomic E-state index is 13.4. The first-order chi connectivity index (χ1) is 9.99. The maximum atomic E-state index is 13.4. The standard InChI is InChI=1S/C15H21FN2O3/c1-10(17)13-4-3-12(16)9-14(13)21-11(2)15(19)18-5-7-20-8-6-18/h3-4,9-11H,5-8,17H2,1-2H3. The molecular formula is C15H21FN2O3. The van der Waals surface area contributed by atoms with Gasteiger partial charge < -0.3 is 20.1 Å². The lowest BCUT2D eigenvalue weighted by Gasteiger charge is -2.29. The molecule has 0 radical (unpaired) electrons. The van der Waals surface area contributed by atoms with Crippen LogP contribution >= 0.6 is 0 Å². The Balaban J connectivity index is 2.09. The number of hydrogen-bond donors (Lipinski definition) is 1. The molecule has 1 aliphatic rings. The highest BCUT2D eigenvalue weighted by Crippen LogP contribution is 2.26. The Hall–Kier alpha value is -1.66. The molecule has 0 bridgehead atoms. The molecule has 1 aromatic carbocycles. The van der Waals surface area contributed by atoms with E-state index in [1.807, 2.05) is 0 Å². The van der Waals surface area contributed by atoms with Crippen molar-refractivity contribution in [2.24, 2.45) is 5.73 Å². The zero-order valence-electron chi connectivity index (χ0n) is 12.3. The lowest BCUT2D eigenvalue weighted by Crippen LogP contribution is -2.46. The molecule has 21 heavy (non-hydrogen) atoms. The Morgan fingerprint density at radius 3 is 2.67 bits per heavy atom. The van der Waals surface area contributed by atoms with E-state index in [0.717, 1.165) is 0 Å². The molecule has 5 nitrogen and oxygen atoms in total. The average molecular weight is 296 g/mol. The summed E-state index contributed by atoms with van der Waals surface area (Å²) in [5.74, 6) is -0.224. The number of hydrogen-bond acceptors (Lipinski definition) is 4. The van der Waals surface area contributed by atoms with Crippen molar-refractivity contribution in [3.63, 3.8) is 0 Å². The number of nitrogens with two attached hydrogens (primary N) is 1. The summed E-state index contributed by atoms with van der Waals surface area (Å²) in [4.78, 5) is 14.0. The van der Waals surface area contributed by atoms with Crippen LogP contribution in [0.15, 0.2) is 18.2 Å². The second-order valence-electron chi connectivity index (χ2n) is 5.17. The number of ether oxygens (including phenoxy) is 2. The predicted octanol–water partition coefficient (Wildman–Crippen LogP) is 1.47. The van der Waals surface area contributed by atoms with Crippen LogP contribution in [-0.2, 0) is 9.53 Å². The van der Waals surface area contributed by atoms with Crippen LogP contribution in [-0.4, -0.2) is 43.2 Å². The van der Waals surface area contributed by atoms with Gasteiger partial charge in [-0.1, -0.05) is 6.07 Å².